The molecule has 2 nitrogen and oxygen atoms in total. The molecule has 0 bridgehead atoms. The maximum absolute atomic E-state index is 8.54. The van der Waals surface area contributed by atoms with E-state index in [1.54, 1.807) is 11.8 Å². The van der Waals surface area contributed by atoms with Gasteiger partial charge in [-0.3, -0.25) is 0 Å². The topological polar surface area (TPSA) is 49.8 Å². The van der Waals surface area contributed by atoms with Crippen molar-refractivity contribution in [2.24, 2.45) is 5.73 Å². The van der Waals surface area contributed by atoms with Gasteiger partial charge in [0.2, 0.25) is 0 Å². The van der Waals surface area contributed by atoms with E-state index in [0.717, 1.165) is 10.7 Å². The second kappa shape index (κ2) is 2.80. The fourth-order valence-electron chi connectivity index (χ4n) is 0.733. The van der Waals surface area contributed by atoms with E-state index in [4.69, 9.17) is 11.0 Å². The maximum atomic E-state index is 8.54. The number of nitrogens with zero attached hydrogens (tertiary/aromatic N) is 1. The Morgan fingerprint density at radius 3 is 3.00 bits per heavy atom. The Kier molecular flexibility index (Phi) is 2.03. The molecule has 3 heteroatoms. The highest BCUT2D eigenvalue weighted by Gasteiger charge is 2.08. The first kappa shape index (κ1) is 7.23. The highest BCUT2D eigenvalue weighted by atomic mass is 32.2. The Bertz CT molecular complexity index is 245. The summed E-state index contributed by atoms with van der Waals surface area (Å²) in [7, 11) is 0. The summed E-state index contributed by atoms with van der Waals surface area (Å²) < 4.78 is 0. The summed E-state index contributed by atoms with van der Waals surface area (Å²) in [5.74, 6) is 0.870. The lowest BCUT2D eigenvalue weighted by molar-refractivity contribution is 1.29. The van der Waals surface area contributed by atoms with E-state index in [9.17, 15) is 0 Å². The van der Waals surface area contributed by atoms with Crippen molar-refractivity contribution in [3.8, 4) is 6.07 Å². The van der Waals surface area contributed by atoms with Crippen LogP contribution in [0.15, 0.2) is 22.3 Å². The van der Waals surface area contributed by atoms with Crippen LogP contribution in [0.2, 0.25) is 0 Å². The van der Waals surface area contributed by atoms with Crippen LogP contribution < -0.4 is 5.73 Å². The molecule has 0 saturated heterocycles. The van der Waals surface area contributed by atoms with Crippen LogP contribution in [-0.4, -0.2) is 5.75 Å². The van der Waals surface area contributed by atoms with Gasteiger partial charge in [0.1, 0.15) is 6.07 Å². The summed E-state index contributed by atoms with van der Waals surface area (Å²) in [6.45, 7) is 1.93. The number of nitrogens with two attached hydrogens (primary N) is 1. The van der Waals surface area contributed by atoms with Crippen LogP contribution in [0.5, 0.6) is 0 Å². The van der Waals surface area contributed by atoms with E-state index in [1.165, 1.54) is 0 Å². The summed E-state index contributed by atoms with van der Waals surface area (Å²) in [6.07, 6.45) is 1.85. The zero-order valence-corrected chi connectivity index (χ0v) is 6.53. The molecule has 0 aliphatic carbocycles. The molecule has 1 rings (SSSR count). The van der Waals surface area contributed by atoms with Crippen molar-refractivity contribution < 1.29 is 0 Å². The van der Waals surface area contributed by atoms with Gasteiger partial charge in [-0.2, -0.15) is 5.26 Å². The van der Waals surface area contributed by atoms with Crippen molar-refractivity contribution in [2.75, 3.05) is 5.75 Å². The van der Waals surface area contributed by atoms with Crippen LogP contribution in [0.3, 0.4) is 0 Å². The van der Waals surface area contributed by atoms with Gasteiger partial charge in [-0.05, 0) is 6.92 Å². The van der Waals surface area contributed by atoms with Gasteiger partial charge in [0.25, 0.3) is 0 Å². The van der Waals surface area contributed by atoms with Crippen molar-refractivity contribution in [2.45, 2.75) is 6.92 Å². The Morgan fingerprint density at radius 2 is 2.50 bits per heavy atom. The van der Waals surface area contributed by atoms with Crippen LogP contribution in [0.1, 0.15) is 6.92 Å². The molecule has 0 saturated carbocycles. The number of hydrogen-bond donors (Lipinski definition) is 1. The predicted octanol–water partition coefficient (Wildman–Crippen LogP) is 1.37. The molecule has 1 aliphatic rings. The number of hydrogen-bond acceptors (Lipinski definition) is 3. The van der Waals surface area contributed by atoms with Crippen molar-refractivity contribution in [1.82, 2.24) is 0 Å². The Balaban J connectivity index is 2.97. The Hall–Kier alpha value is -0.880. The zero-order valence-electron chi connectivity index (χ0n) is 5.72. The van der Waals surface area contributed by atoms with Crippen molar-refractivity contribution in [3.05, 3.63) is 22.3 Å². The zero-order chi connectivity index (χ0) is 7.56. The minimum atomic E-state index is 0.622. The first-order valence-corrected chi connectivity index (χ1v) is 3.94. The minimum absolute atomic E-state index is 0.622. The normalized spacial score (nSPS) is 18.2. The predicted molar refractivity (Wildman–Crippen MR) is 43.0 cm³/mol. The lowest BCUT2D eigenvalue weighted by Crippen LogP contribution is -2.05. The smallest absolute Gasteiger partial charge is 0.101 e. The molecule has 0 aromatic carbocycles. The van der Waals surface area contributed by atoms with Crippen LogP contribution in [0.25, 0.3) is 0 Å². The average Bonchev–Trinajstić information content (AvgIpc) is 1.95. The molecule has 0 spiro atoms. The molecule has 0 amide bonds. The van der Waals surface area contributed by atoms with Gasteiger partial charge >= 0.3 is 0 Å². The van der Waals surface area contributed by atoms with E-state index >= 15 is 0 Å². The van der Waals surface area contributed by atoms with Crippen LogP contribution >= 0.6 is 11.8 Å². The number of allylic oxidation sites excluding steroid dienone is 2. The lowest BCUT2D eigenvalue weighted by Gasteiger charge is -2.09. The van der Waals surface area contributed by atoms with Crippen molar-refractivity contribution >= 4 is 11.8 Å². The van der Waals surface area contributed by atoms with Crippen molar-refractivity contribution in [1.29, 1.82) is 5.26 Å². The number of nitriles is 1. The maximum Gasteiger partial charge on any atom is 0.101 e. The second-order valence-electron chi connectivity index (χ2n) is 2.01. The average molecular weight is 152 g/mol. The molecule has 0 atom stereocenters. The number of thioether (sulfide) groups is 1. The first-order chi connectivity index (χ1) is 4.75. The molecule has 52 valence electrons. The van der Waals surface area contributed by atoms with E-state index in [0.29, 0.717) is 11.3 Å². The van der Waals surface area contributed by atoms with Gasteiger partial charge in [-0.25, -0.2) is 0 Å². The summed E-state index contributed by atoms with van der Waals surface area (Å²) in [5, 5.41) is 8.54. The summed E-state index contributed by atoms with van der Waals surface area (Å²) >= 11 is 1.67. The lowest BCUT2D eigenvalue weighted by atomic mass is 10.2. The summed E-state index contributed by atoms with van der Waals surface area (Å²) in [6, 6.07) is 2.05. The third-order valence-electron chi connectivity index (χ3n) is 1.38. The Morgan fingerprint density at radius 1 is 1.80 bits per heavy atom. The highest BCUT2D eigenvalue weighted by Crippen LogP contribution is 2.25. The molecule has 0 radical (unpaired) electrons. The van der Waals surface area contributed by atoms with E-state index in [2.05, 4.69) is 0 Å². The third kappa shape index (κ3) is 1.17. The van der Waals surface area contributed by atoms with E-state index in [-0.39, 0.29) is 0 Å². The molecule has 0 aromatic heterocycles. The SMILES string of the molecule is CC1=C(N)C(C#N)=CCS1. The Labute approximate surface area is 64.4 Å². The largest absolute Gasteiger partial charge is 0.397 e. The van der Waals surface area contributed by atoms with E-state index in [1.807, 2.05) is 19.1 Å². The van der Waals surface area contributed by atoms with Gasteiger partial charge in [0, 0.05) is 10.7 Å². The van der Waals surface area contributed by atoms with Crippen LogP contribution in [0.4, 0.5) is 0 Å². The third-order valence-corrected chi connectivity index (χ3v) is 2.36. The van der Waals surface area contributed by atoms with Crippen LogP contribution in [-0.2, 0) is 0 Å². The molecule has 1 heterocycles. The molecular formula is C7H8N2S. The second-order valence-corrected chi connectivity index (χ2v) is 3.24. The standard InChI is InChI=1S/C7H8N2S/c1-5-7(9)6(4-8)2-3-10-5/h2H,3,9H2,1H3. The molecule has 1 aliphatic heterocycles. The molecule has 10 heavy (non-hydrogen) atoms. The fourth-order valence-corrected chi connectivity index (χ4v) is 1.50. The first-order valence-electron chi connectivity index (χ1n) is 2.95. The molecule has 0 aromatic rings. The minimum Gasteiger partial charge on any atom is -0.397 e. The van der Waals surface area contributed by atoms with Gasteiger partial charge in [-0.1, -0.05) is 6.08 Å². The van der Waals surface area contributed by atoms with Crippen molar-refractivity contribution in [3.63, 3.8) is 0 Å². The van der Waals surface area contributed by atoms with E-state index < -0.39 is 0 Å². The molecule has 0 fully saturated rings. The number of rotatable bonds is 0. The van der Waals surface area contributed by atoms with Crippen LogP contribution in [0, 0.1) is 11.3 Å². The fraction of sp³-hybridized carbons (Fsp3) is 0.286. The summed E-state index contributed by atoms with van der Waals surface area (Å²) in [4.78, 5) is 1.05. The monoisotopic (exact) mass is 152 g/mol. The molecule has 2 N–H and O–H groups in total. The van der Waals surface area contributed by atoms with Gasteiger partial charge in [-0.15, -0.1) is 11.8 Å². The van der Waals surface area contributed by atoms with Gasteiger partial charge in [0.05, 0.1) is 11.3 Å². The van der Waals surface area contributed by atoms with Gasteiger partial charge in [0.15, 0.2) is 0 Å². The highest BCUT2D eigenvalue weighted by molar-refractivity contribution is 8.03. The summed E-state index contributed by atoms with van der Waals surface area (Å²) in [5.41, 5.74) is 6.86. The molecular weight excluding hydrogens is 144 g/mol. The quantitative estimate of drug-likeness (QED) is 0.570. The molecule has 0 unspecified atom stereocenters. The van der Waals surface area contributed by atoms with Gasteiger partial charge < -0.3 is 5.73 Å².